The fourth-order valence-electron chi connectivity index (χ4n) is 1.49. The molecule has 1 heterocycles. The van der Waals surface area contributed by atoms with Crippen molar-refractivity contribution in [1.29, 1.82) is 0 Å². The summed E-state index contributed by atoms with van der Waals surface area (Å²) in [4.78, 5) is 26.4. The number of amides is 2. The molecule has 1 aliphatic heterocycles. The van der Waals surface area contributed by atoms with E-state index in [9.17, 15) is 9.59 Å². The van der Waals surface area contributed by atoms with Gasteiger partial charge in [0, 0.05) is 20.1 Å². The minimum atomic E-state index is -0.0795. The average molecular weight is 266 g/mol. The zero-order valence-electron chi connectivity index (χ0n) is 10.3. The van der Waals surface area contributed by atoms with Crippen molar-refractivity contribution in [3.63, 3.8) is 0 Å². The van der Waals surface area contributed by atoms with Crippen LogP contribution in [0.2, 0.25) is 0 Å². The lowest BCUT2D eigenvalue weighted by Crippen LogP contribution is -2.47. The van der Waals surface area contributed by atoms with Gasteiger partial charge in [0.15, 0.2) is 0 Å². The maximum Gasteiger partial charge on any atom is 0.242 e. The molecule has 0 bridgehead atoms. The van der Waals surface area contributed by atoms with E-state index in [0.29, 0.717) is 26.3 Å². The van der Waals surface area contributed by atoms with Crippen LogP contribution in [0.1, 0.15) is 0 Å². The second kappa shape index (κ2) is 8.27. The van der Waals surface area contributed by atoms with Crippen LogP contribution in [0.15, 0.2) is 0 Å². The standard InChI is InChI=1S/C10H19N3O3.ClH/c1-11-7-9(14)12(2)8-10(15)13-3-5-16-6-4-13;/h11H,3-8H2,1-2H3;1H. The Morgan fingerprint density at radius 3 is 2.47 bits per heavy atom. The molecule has 0 saturated carbocycles. The van der Waals surface area contributed by atoms with Crippen LogP contribution in [0.4, 0.5) is 0 Å². The van der Waals surface area contributed by atoms with Crippen LogP contribution in [0, 0.1) is 0 Å². The Morgan fingerprint density at radius 1 is 1.35 bits per heavy atom. The lowest BCUT2D eigenvalue weighted by atomic mass is 10.3. The van der Waals surface area contributed by atoms with E-state index < -0.39 is 0 Å². The molecule has 1 saturated heterocycles. The van der Waals surface area contributed by atoms with Crippen molar-refractivity contribution >= 4 is 24.2 Å². The molecule has 17 heavy (non-hydrogen) atoms. The van der Waals surface area contributed by atoms with E-state index in [-0.39, 0.29) is 37.3 Å². The highest BCUT2D eigenvalue weighted by atomic mass is 35.5. The third-order valence-corrected chi connectivity index (χ3v) is 2.49. The SMILES string of the molecule is CNCC(=O)N(C)CC(=O)N1CCOCC1.Cl. The fraction of sp³-hybridized carbons (Fsp3) is 0.800. The van der Waals surface area contributed by atoms with Crippen molar-refractivity contribution in [2.24, 2.45) is 0 Å². The van der Waals surface area contributed by atoms with Gasteiger partial charge in [0.1, 0.15) is 0 Å². The molecule has 0 aliphatic carbocycles. The maximum atomic E-state index is 11.8. The molecule has 0 atom stereocenters. The van der Waals surface area contributed by atoms with Crippen molar-refractivity contribution in [3.8, 4) is 0 Å². The number of halogens is 1. The first-order valence-electron chi connectivity index (χ1n) is 5.39. The molecule has 2 amide bonds. The van der Waals surface area contributed by atoms with Gasteiger partial charge in [-0.15, -0.1) is 12.4 Å². The molecule has 0 spiro atoms. The van der Waals surface area contributed by atoms with Gasteiger partial charge < -0.3 is 19.9 Å². The number of nitrogens with zero attached hydrogens (tertiary/aromatic N) is 2. The second-order valence-electron chi connectivity index (χ2n) is 3.77. The van der Waals surface area contributed by atoms with Gasteiger partial charge in [-0.25, -0.2) is 0 Å². The first kappa shape index (κ1) is 16.1. The van der Waals surface area contributed by atoms with E-state index in [1.54, 1.807) is 19.0 Å². The van der Waals surface area contributed by atoms with Crippen LogP contribution in [-0.4, -0.2) is 75.1 Å². The lowest BCUT2D eigenvalue weighted by Gasteiger charge is -2.28. The lowest BCUT2D eigenvalue weighted by molar-refractivity contribution is -0.141. The molecule has 0 radical (unpaired) electrons. The topological polar surface area (TPSA) is 61.9 Å². The number of ether oxygens (including phenoxy) is 1. The summed E-state index contributed by atoms with van der Waals surface area (Å²) >= 11 is 0. The van der Waals surface area contributed by atoms with Crippen molar-refractivity contribution in [1.82, 2.24) is 15.1 Å². The smallest absolute Gasteiger partial charge is 0.242 e. The van der Waals surface area contributed by atoms with Crippen molar-refractivity contribution in [2.45, 2.75) is 0 Å². The number of likely N-dealkylation sites (N-methyl/N-ethyl adjacent to an activating group) is 2. The molecule has 0 aromatic heterocycles. The van der Waals surface area contributed by atoms with Crippen LogP contribution in [-0.2, 0) is 14.3 Å². The van der Waals surface area contributed by atoms with Crippen molar-refractivity contribution in [3.05, 3.63) is 0 Å². The molecular weight excluding hydrogens is 246 g/mol. The summed E-state index contributed by atoms with van der Waals surface area (Å²) in [5.41, 5.74) is 0. The number of hydrogen-bond donors (Lipinski definition) is 1. The molecule has 1 aliphatic rings. The van der Waals surface area contributed by atoms with E-state index in [0.717, 1.165) is 0 Å². The highest BCUT2D eigenvalue weighted by molar-refractivity contribution is 5.85. The molecule has 0 aromatic carbocycles. The summed E-state index contributed by atoms with van der Waals surface area (Å²) < 4.78 is 5.16. The van der Waals surface area contributed by atoms with Gasteiger partial charge in [0.2, 0.25) is 11.8 Å². The summed E-state index contributed by atoms with van der Waals surface area (Å²) in [6.07, 6.45) is 0. The third kappa shape index (κ3) is 5.34. The minimum absolute atomic E-state index is 0. The van der Waals surface area contributed by atoms with Crippen molar-refractivity contribution < 1.29 is 14.3 Å². The van der Waals surface area contributed by atoms with E-state index in [1.165, 1.54) is 4.90 Å². The Labute approximate surface area is 108 Å². The van der Waals surface area contributed by atoms with Crippen molar-refractivity contribution in [2.75, 3.05) is 53.5 Å². The number of carbonyl (C=O) groups excluding carboxylic acids is 2. The molecule has 1 N–H and O–H groups in total. The first-order chi connectivity index (χ1) is 7.65. The molecule has 1 fully saturated rings. The van der Waals surface area contributed by atoms with Gasteiger partial charge in [-0.05, 0) is 7.05 Å². The first-order valence-corrected chi connectivity index (χ1v) is 5.39. The van der Waals surface area contributed by atoms with Crippen LogP contribution in [0.25, 0.3) is 0 Å². The van der Waals surface area contributed by atoms with E-state index in [2.05, 4.69) is 5.32 Å². The Hall–Kier alpha value is -0.850. The average Bonchev–Trinajstić information content (AvgIpc) is 2.30. The Kier molecular flexibility index (Phi) is 7.86. The molecule has 0 aromatic rings. The molecule has 1 rings (SSSR count). The maximum absolute atomic E-state index is 11.8. The molecule has 6 nitrogen and oxygen atoms in total. The second-order valence-corrected chi connectivity index (χ2v) is 3.77. The highest BCUT2D eigenvalue weighted by Crippen LogP contribution is 1.98. The van der Waals surface area contributed by atoms with E-state index >= 15 is 0 Å². The largest absolute Gasteiger partial charge is 0.378 e. The van der Waals surface area contributed by atoms with Crippen LogP contribution < -0.4 is 5.32 Å². The quantitative estimate of drug-likeness (QED) is 0.704. The Bertz CT molecular complexity index is 257. The number of morpholine rings is 1. The van der Waals surface area contributed by atoms with Gasteiger partial charge in [-0.1, -0.05) is 0 Å². The number of rotatable bonds is 4. The Balaban J connectivity index is 0.00000256. The summed E-state index contributed by atoms with van der Waals surface area (Å²) in [7, 11) is 3.34. The summed E-state index contributed by atoms with van der Waals surface area (Å²) in [5, 5.41) is 2.77. The number of carbonyl (C=O) groups is 2. The zero-order valence-corrected chi connectivity index (χ0v) is 11.1. The van der Waals surface area contributed by atoms with E-state index in [4.69, 9.17) is 4.74 Å². The van der Waals surface area contributed by atoms with Gasteiger partial charge in [0.25, 0.3) is 0 Å². The minimum Gasteiger partial charge on any atom is -0.378 e. The summed E-state index contributed by atoms with van der Waals surface area (Å²) in [5.74, 6) is -0.0978. The zero-order chi connectivity index (χ0) is 12.0. The highest BCUT2D eigenvalue weighted by Gasteiger charge is 2.19. The summed E-state index contributed by atoms with van der Waals surface area (Å²) in [6, 6.07) is 0. The van der Waals surface area contributed by atoms with Gasteiger partial charge in [0.05, 0.1) is 26.3 Å². The molecule has 0 unspecified atom stereocenters. The van der Waals surface area contributed by atoms with E-state index in [1.807, 2.05) is 0 Å². The van der Waals surface area contributed by atoms with Gasteiger partial charge in [-0.3, -0.25) is 9.59 Å². The van der Waals surface area contributed by atoms with Crippen LogP contribution in [0.5, 0.6) is 0 Å². The predicted octanol–water partition coefficient (Wildman–Crippen LogP) is -1.06. The van der Waals surface area contributed by atoms with Crippen LogP contribution >= 0.6 is 12.4 Å². The fourth-order valence-corrected chi connectivity index (χ4v) is 1.49. The monoisotopic (exact) mass is 265 g/mol. The predicted molar refractivity (Wildman–Crippen MR) is 66.2 cm³/mol. The molecule has 100 valence electrons. The van der Waals surface area contributed by atoms with Crippen LogP contribution in [0.3, 0.4) is 0 Å². The Morgan fingerprint density at radius 2 is 1.94 bits per heavy atom. The number of hydrogen-bond acceptors (Lipinski definition) is 4. The third-order valence-electron chi connectivity index (χ3n) is 2.49. The summed E-state index contributed by atoms with van der Waals surface area (Å²) in [6.45, 7) is 2.80. The number of nitrogens with one attached hydrogen (secondary N) is 1. The molecular formula is C10H20ClN3O3. The van der Waals surface area contributed by atoms with Gasteiger partial charge in [-0.2, -0.15) is 0 Å². The van der Waals surface area contributed by atoms with Gasteiger partial charge >= 0.3 is 0 Å². The molecule has 7 heteroatoms. The normalized spacial score (nSPS) is 15.1.